The average Bonchev–Trinajstić information content (AvgIpc) is 3.40. The van der Waals surface area contributed by atoms with Crippen molar-refractivity contribution in [3.63, 3.8) is 0 Å². The lowest BCUT2D eigenvalue weighted by Gasteiger charge is -2.40. The predicted octanol–water partition coefficient (Wildman–Crippen LogP) is 6.72. The number of esters is 1. The lowest BCUT2D eigenvalue weighted by Crippen LogP contribution is -2.46. The van der Waals surface area contributed by atoms with Crippen molar-refractivity contribution in [2.24, 2.45) is 0 Å². The van der Waals surface area contributed by atoms with Crippen molar-refractivity contribution < 1.29 is 28.5 Å². The molecule has 9 nitrogen and oxygen atoms in total. The van der Waals surface area contributed by atoms with Gasteiger partial charge in [0.15, 0.2) is 17.0 Å². The van der Waals surface area contributed by atoms with Crippen LogP contribution in [0.3, 0.4) is 0 Å². The number of carbonyl (C=O) groups is 2. The van der Waals surface area contributed by atoms with Crippen molar-refractivity contribution in [1.29, 1.82) is 0 Å². The predicted molar refractivity (Wildman–Crippen MR) is 143 cm³/mol. The number of fused-ring (bicyclic) bond motifs is 3. The molecule has 1 aliphatic carbocycles. The second kappa shape index (κ2) is 9.27. The molecule has 2 aromatic carbocycles. The quantitative estimate of drug-likeness (QED) is 0.253. The first-order valence-electron chi connectivity index (χ1n) is 12.9. The summed E-state index contributed by atoms with van der Waals surface area (Å²) in [6.07, 6.45) is 4.86. The fourth-order valence-electron chi connectivity index (χ4n) is 6.12. The summed E-state index contributed by atoms with van der Waals surface area (Å²) in [5.74, 6) is -0.915. The first kappa shape index (κ1) is 24.5. The lowest BCUT2D eigenvalue weighted by atomic mass is 9.98. The number of aromatic nitrogens is 2. The highest BCUT2D eigenvalue weighted by Gasteiger charge is 2.44. The van der Waals surface area contributed by atoms with Crippen LogP contribution in [0.2, 0.25) is 10.0 Å². The maximum absolute atomic E-state index is 13.6. The molecule has 4 aromatic rings. The summed E-state index contributed by atoms with van der Waals surface area (Å²) in [7, 11) is 0. The van der Waals surface area contributed by atoms with Gasteiger partial charge in [0.2, 0.25) is 0 Å². The van der Waals surface area contributed by atoms with Gasteiger partial charge in [-0.2, -0.15) is 0 Å². The van der Waals surface area contributed by atoms with Crippen molar-refractivity contribution in [3.05, 3.63) is 63.5 Å². The average molecular weight is 568 g/mol. The molecule has 39 heavy (non-hydrogen) atoms. The number of carbonyl (C=O) groups excluding carboxylic acids is 1. The van der Waals surface area contributed by atoms with Crippen LogP contribution in [0, 0.1) is 0 Å². The van der Waals surface area contributed by atoms with Crippen LogP contribution in [0.5, 0.6) is 0 Å². The molecule has 1 saturated carbocycles. The number of carboxylic acids is 1. The van der Waals surface area contributed by atoms with E-state index in [1.807, 2.05) is 12.1 Å². The van der Waals surface area contributed by atoms with Gasteiger partial charge in [-0.05, 0) is 49.9 Å². The highest BCUT2D eigenvalue weighted by atomic mass is 35.5. The lowest BCUT2D eigenvalue weighted by molar-refractivity contribution is 0.0202. The molecule has 3 atom stereocenters. The van der Waals surface area contributed by atoms with Gasteiger partial charge in [-0.15, -0.1) is 0 Å². The number of aromatic carboxylic acids is 1. The highest BCUT2D eigenvalue weighted by Crippen LogP contribution is 2.47. The number of carboxylic acid groups (broad SMARTS) is 1. The Bertz CT molecular complexity index is 1590. The smallest absolute Gasteiger partial charge is 0.358 e. The normalized spacial score (nSPS) is 22.4. The van der Waals surface area contributed by atoms with E-state index in [0.29, 0.717) is 56.4 Å². The maximum Gasteiger partial charge on any atom is 0.358 e. The van der Waals surface area contributed by atoms with Crippen LogP contribution in [0.25, 0.3) is 22.2 Å². The zero-order chi connectivity index (χ0) is 26.8. The summed E-state index contributed by atoms with van der Waals surface area (Å²) < 4.78 is 17.1. The second-order valence-corrected chi connectivity index (χ2v) is 11.3. The Morgan fingerprint density at radius 2 is 1.69 bits per heavy atom. The zero-order valence-electron chi connectivity index (χ0n) is 20.6. The molecule has 3 aliphatic rings. The van der Waals surface area contributed by atoms with Crippen LogP contribution in [0.15, 0.2) is 45.4 Å². The molecule has 200 valence electrons. The molecule has 2 aliphatic heterocycles. The van der Waals surface area contributed by atoms with Gasteiger partial charge in [0.05, 0.1) is 15.4 Å². The highest BCUT2D eigenvalue weighted by molar-refractivity contribution is 6.39. The number of halogens is 2. The fourth-order valence-corrected chi connectivity index (χ4v) is 6.69. The van der Waals surface area contributed by atoms with Gasteiger partial charge in [-0.3, -0.25) is 0 Å². The SMILES string of the molecule is O=C(O[C@H]1C[C@H]2CC[C@@H](C1)N2c1ccc2c(C(=O)O)noc2c1)c1c(-c2c(Cl)cccc2Cl)noc1C1CC1. The van der Waals surface area contributed by atoms with Crippen LogP contribution >= 0.6 is 23.2 Å². The number of benzene rings is 2. The third-order valence-corrected chi connectivity index (χ3v) is 8.62. The number of hydrogen-bond acceptors (Lipinski definition) is 8. The van der Waals surface area contributed by atoms with Crippen molar-refractivity contribution in [1.82, 2.24) is 10.3 Å². The Labute approximate surface area is 232 Å². The largest absolute Gasteiger partial charge is 0.476 e. The number of piperidine rings is 1. The number of anilines is 1. The molecule has 4 heterocycles. The molecule has 2 bridgehead atoms. The summed E-state index contributed by atoms with van der Waals surface area (Å²) >= 11 is 12.9. The van der Waals surface area contributed by atoms with Crippen molar-refractivity contribution in [2.75, 3.05) is 4.90 Å². The molecular weight excluding hydrogens is 545 g/mol. The number of ether oxygens (including phenoxy) is 1. The summed E-state index contributed by atoms with van der Waals surface area (Å²) in [6, 6.07) is 11.0. The summed E-state index contributed by atoms with van der Waals surface area (Å²) in [4.78, 5) is 27.4. The Hall–Kier alpha value is -3.56. The van der Waals surface area contributed by atoms with E-state index in [0.717, 1.165) is 31.4 Å². The molecule has 0 radical (unpaired) electrons. The van der Waals surface area contributed by atoms with Crippen LogP contribution in [-0.2, 0) is 4.74 Å². The van der Waals surface area contributed by atoms with E-state index in [2.05, 4.69) is 15.2 Å². The molecule has 0 spiro atoms. The van der Waals surface area contributed by atoms with Crippen molar-refractivity contribution >= 4 is 51.8 Å². The molecule has 3 fully saturated rings. The minimum atomic E-state index is -1.12. The monoisotopic (exact) mass is 567 g/mol. The van der Waals surface area contributed by atoms with Gasteiger partial charge in [0.25, 0.3) is 0 Å². The van der Waals surface area contributed by atoms with E-state index >= 15 is 0 Å². The third kappa shape index (κ3) is 4.15. The zero-order valence-corrected chi connectivity index (χ0v) is 22.1. The topological polar surface area (TPSA) is 119 Å². The van der Waals surface area contributed by atoms with E-state index in [-0.39, 0.29) is 29.8 Å². The fraction of sp³-hybridized carbons (Fsp3) is 0.357. The maximum atomic E-state index is 13.6. The minimum Gasteiger partial charge on any atom is -0.476 e. The second-order valence-electron chi connectivity index (χ2n) is 10.4. The van der Waals surface area contributed by atoms with Crippen LogP contribution < -0.4 is 4.90 Å². The first-order valence-corrected chi connectivity index (χ1v) is 13.7. The molecule has 1 N–H and O–H groups in total. The minimum absolute atomic E-state index is 0.0955. The van der Waals surface area contributed by atoms with Gasteiger partial charge in [0.1, 0.15) is 17.4 Å². The standard InChI is InChI=1S/C28H23Cl2N3O6/c29-19-2-1-3-20(30)22(19)25-23(26(39-32-25)13-4-5-13)28(36)37-17-10-14-6-7-15(11-17)33(14)16-8-9-18-21(12-16)38-31-24(18)27(34)35/h1-3,8-9,12-15,17H,4-7,10-11H2,(H,34,35)/t14-,15+,17+. The molecule has 0 unspecified atom stereocenters. The molecule has 11 heteroatoms. The number of nitrogens with zero attached hydrogens (tertiary/aromatic N) is 3. The summed E-state index contributed by atoms with van der Waals surface area (Å²) in [6.45, 7) is 0. The number of hydrogen-bond donors (Lipinski definition) is 1. The van der Waals surface area contributed by atoms with E-state index < -0.39 is 11.9 Å². The Morgan fingerprint density at radius 1 is 0.974 bits per heavy atom. The van der Waals surface area contributed by atoms with Gasteiger partial charge in [0, 0.05) is 48.2 Å². The molecule has 2 aromatic heterocycles. The number of rotatable bonds is 6. The molecule has 2 saturated heterocycles. The summed E-state index contributed by atoms with van der Waals surface area (Å²) in [5, 5.41) is 18.5. The van der Waals surface area contributed by atoms with Gasteiger partial charge < -0.3 is 23.8 Å². The van der Waals surface area contributed by atoms with Gasteiger partial charge >= 0.3 is 11.9 Å². The Morgan fingerprint density at radius 3 is 2.36 bits per heavy atom. The van der Waals surface area contributed by atoms with Crippen molar-refractivity contribution in [2.45, 2.75) is 62.6 Å². The summed E-state index contributed by atoms with van der Waals surface area (Å²) in [5.41, 5.74) is 2.38. The van der Waals surface area contributed by atoms with Crippen LogP contribution in [-0.4, -0.2) is 45.5 Å². The van der Waals surface area contributed by atoms with Gasteiger partial charge in [-0.1, -0.05) is 39.6 Å². The van der Waals surface area contributed by atoms with Crippen molar-refractivity contribution in [3.8, 4) is 11.3 Å². The van der Waals surface area contributed by atoms with E-state index in [1.165, 1.54) is 0 Å². The Kier molecular flexibility index (Phi) is 5.82. The third-order valence-electron chi connectivity index (χ3n) is 7.99. The van der Waals surface area contributed by atoms with E-state index in [1.54, 1.807) is 24.3 Å². The van der Waals surface area contributed by atoms with Crippen LogP contribution in [0.4, 0.5) is 5.69 Å². The van der Waals surface area contributed by atoms with E-state index in [4.69, 9.17) is 37.0 Å². The van der Waals surface area contributed by atoms with Gasteiger partial charge in [-0.25, -0.2) is 9.59 Å². The molecular formula is C28H23Cl2N3O6. The Balaban J connectivity index is 1.13. The molecule has 0 amide bonds. The van der Waals surface area contributed by atoms with E-state index in [9.17, 15) is 14.7 Å². The van der Waals surface area contributed by atoms with Crippen LogP contribution in [0.1, 0.15) is 71.0 Å². The molecule has 7 rings (SSSR count). The first-order chi connectivity index (χ1) is 18.9.